The summed E-state index contributed by atoms with van der Waals surface area (Å²) in [5.41, 5.74) is 1.27. The van der Waals surface area contributed by atoms with Gasteiger partial charge in [-0.2, -0.15) is 0 Å². The third kappa shape index (κ3) is 3.35. The van der Waals surface area contributed by atoms with Crippen LogP contribution in [0, 0.1) is 0 Å². The van der Waals surface area contributed by atoms with Gasteiger partial charge in [0, 0.05) is 22.0 Å². The second-order valence-electron chi connectivity index (χ2n) is 4.42. The maximum atomic E-state index is 5.91. The van der Waals surface area contributed by atoms with Crippen LogP contribution in [0.15, 0.2) is 41.8 Å². The predicted molar refractivity (Wildman–Crippen MR) is 80.4 cm³/mol. The van der Waals surface area contributed by atoms with Crippen molar-refractivity contribution in [3.8, 4) is 0 Å². The molecular weight excluding hydrogens is 262 g/mol. The third-order valence-electron chi connectivity index (χ3n) is 3.12. The Balaban J connectivity index is 2.05. The summed E-state index contributed by atoms with van der Waals surface area (Å²) in [7, 11) is 0. The Morgan fingerprint density at radius 3 is 2.50 bits per heavy atom. The summed E-state index contributed by atoms with van der Waals surface area (Å²) < 4.78 is 0. The Morgan fingerprint density at radius 1 is 1.22 bits per heavy atom. The van der Waals surface area contributed by atoms with E-state index in [1.807, 2.05) is 23.5 Å². The van der Waals surface area contributed by atoms with Gasteiger partial charge >= 0.3 is 0 Å². The zero-order valence-corrected chi connectivity index (χ0v) is 12.3. The molecule has 0 amide bonds. The van der Waals surface area contributed by atoms with E-state index in [0.29, 0.717) is 12.1 Å². The lowest BCUT2D eigenvalue weighted by Gasteiger charge is -2.21. The summed E-state index contributed by atoms with van der Waals surface area (Å²) in [4.78, 5) is 1.40. The van der Waals surface area contributed by atoms with Crippen molar-refractivity contribution >= 4 is 22.9 Å². The Kier molecular flexibility index (Phi) is 4.81. The monoisotopic (exact) mass is 279 g/mol. The molecule has 1 unspecified atom stereocenters. The van der Waals surface area contributed by atoms with Crippen molar-refractivity contribution < 1.29 is 0 Å². The minimum absolute atomic E-state index is 0.328. The molecule has 0 bridgehead atoms. The summed E-state index contributed by atoms with van der Waals surface area (Å²) >= 11 is 7.72. The van der Waals surface area contributed by atoms with Crippen LogP contribution in [0.25, 0.3) is 0 Å². The maximum absolute atomic E-state index is 5.91. The van der Waals surface area contributed by atoms with Crippen LogP contribution < -0.4 is 5.32 Å². The van der Waals surface area contributed by atoms with Gasteiger partial charge in [-0.1, -0.05) is 36.7 Å². The molecular formula is C15H18ClNS. The molecule has 3 heteroatoms. The third-order valence-corrected chi connectivity index (χ3v) is 4.35. The molecule has 1 aromatic heterocycles. The Morgan fingerprint density at radius 2 is 1.94 bits per heavy atom. The van der Waals surface area contributed by atoms with Crippen LogP contribution >= 0.6 is 22.9 Å². The Hall–Kier alpha value is -0.830. The first-order chi connectivity index (χ1) is 8.70. The van der Waals surface area contributed by atoms with Gasteiger partial charge in [0.05, 0.1) is 0 Å². The van der Waals surface area contributed by atoms with Crippen molar-refractivity contribution in [1.82, 2.24) is 5.32 Å². The first-order valence-electron chi connectivity index (χ1n) is 6.25. The molecule has 1 nitrogen and oxygen atoms in total. The molecule has 1 N–H and O–H groups in total. The average molecular weight is 280 g/mol. The van der Waals surface area contributed by atoms with Crippen molar-refractivity contribution in [3.05, 3.63) is 57.2 Å². The van der Waals surface area contributed by atoms with E-state index in [1.54, 1.807) is 0 Å². The number of thiophene rings is 1. The van der Waals surface area contributed by atoms with Gasteiger partial charge in [0.2, 0.25) is 0 Å². The number of hydrogen-bond acceptors (Lipinski definition) is 2. The lowest BCUT2D eigenvalue weighted by atomic mass is 10.1. The van der Waals surface area contributed by atoms with Crippen LogP contribution in [-0.4, -0.2) is 0 Å². The summed E-state index contributed by atoms with van der Waals surface area (Å²) in [6.07, 6.45) is 1.10. The number of hydrogen-bond donors (Lipinski definition) is 1. The highest BCUT2D eigenvalue weighted by Gasteiger charge is 2.14. The smallest absolute Gasteiger partial charge is 0.0416 e. The SMILES string of the molecule is CCC(N[C@@H](C)c1ccc(Cl)cc1)c1cccs1. The fourth-order valence-corrected chi connectivity index (χ4v) is 3.04. The molecule has 2 atom stereocenters. The van der Waals surface area contributed by atoms with Gasteiger partial charge in [0.1, 0.15) is 0 Å². The van der Waals surface area contributed by atoms with Crippen molar-refractivity contribution in [3.63, 3.8) is 0 Å². The van der Waals surface area contributed by atoms with Crippen LogP contribution in [0.1, 0.15) is 42.8 Å². The van der Waals surface area contributed by atoms with E-state index in [9.17, 15) is 0 Å². The Bertz CT molecular complexity index is 464. The van der Waals surface area contributed by atoms with Crippen LogP contribution in [0.3, 0.4) is 0 Å². The molecule has 1 heterocycles. The van der Waals surface area contributed by atoms with Crippen LogP contribution in [0.5, 0.6) is 0 Å². The van der Waals surface area contributed by atoms with E-state index in [0.717, 1.165) is 11.4 Å². The van der Waals surface area contributed by atoms with E-state index < -0.39 is 0 Å². The van der Waals surface area contributed by atoms with E-state index in [2.05, 4.69) is 48.8 Å². The quantitative estimate of drug-likeness (QED) is 0.793. The van der Waals surface area contributed by atoms with Gasteiger partial charge < -0.3 is 5.32 Å². The minimum atomic E-state index is 0.328. The second kappa shape index (κ2) is 6.37. The van der Waals surface area contributed by atoms with Crippen LogP contribution in [0.4, 0.5) is 0 Å². The summed E-state index contributed by atoms with van der Waals surface area (Å²) in [6, 6.07) is 13.1. The predicted octanol–water partition coefficient (Wildman–Crippen LogP) is 5.20. The molecule has 2 aromatic rings. The molecule has 0 aliphatic heterocycles. The van der Waals surface area contributed by atoms with Gasteiger partial charge in [0.15, 0.2) is 0 Å². The molecule has 0 fully saturated rings. The highest BCUT2D eigenvalue weighted by Crippen LogP contribution is 2.25. The van der Waals surface area contributed by atoms with Crippen molar-refractivity contribution in [2.24, 2.45) is 0 Å². The van der Waals surface area contributed by atoms with Crippen molar-refractivity contribution in [1.29, 1.82) is 0 Å². The zero-order chi connectivity index (χ0) is 13.0. The normalized spacial score (nSPS) is 14.4. The van der Waals surface area contributed by atoms with Crippen LogP contribution in [-0.2, 0) is 0 Å². The number of nitrogens with one attached hydrogen (secondary N) is 1. The lowest BCUT2D eigenvalue weighted by Crippen LogP contribution is -2.23. The van der Waals surface area contributed by atoms with Gasteiger partial charge in [-0.3, -0.25) is 0 Å². The molecule has 0 saturated heterocycles. The molecule has 0 spiro atoms. The van der Waals surface area contributed by atoms with Gasteiger partial charge in [-0.15, -0.1) is 11.3 Å². The molecule has 2 rings (SSSR count). The van der Waals surface area contributed by atoms with Gasteiger partial charge in [0.25, 0.3) is 0 Å². The van der Waals surface area contributed by atoms with E-state index in [-0.39, 0.29) is 0 Å². The van der Waals surface area contributed by atoms with E-state index in [1.165, 1.54) is 10.4 Å². The van der Waals surface area contributed by atoms with E-state index >= 15 is 0 Å². The standard InChI is InChI=1S/C15H18ClNS/c1-3-14(15-5-4-10-18-15)17-11(2)12-6-8-13(16)9-7-12/h4-11,14,17H,3H2,1-2H3/t11-,14?/m0/s1. The highest BCUT2D eigenvalue weighted by atomic mass is 35.5. The first kappa shape index (κ1) is 13.6. The molecule has 1 aromatic carbocycles. The summed E-state index contributed by atoms with van der Waals surface area (Å²) in [5.74, 6) is 0. The first-order valence-corrected chi connectivity index (χ1v) is 7.51. The fourth-order valence-electron chi connectivity index (χ4n) is 2.04. The minimum Gasteiger partial charge on any atom is -0.303 e. The molecule has 0 aliphatic rings. The molecule has 0 saturated carbocycles. The topological polar surface area (TPSA) is 12.0 Å². The zero-order valence-electron chi connectivity index (χ0n) is 10.7. The molecule has 0 aliphatic carbocycles. The van der Waals surface area contributed by atoms with Gasteiger partial charge in [-0.05, 0) is 42.5 Å². The lowest BCUT2D eigenvalue weighted by molar-refractivity contribution is 0.462. The molecule has 18 heavy (non-hydrogen) atoms. The van der Waals surface area contributed by atoms with E-state index in [4.69, 9.17) is 11.6 Å². The number of benzene rings is 1. The second-order valence-corrected chi connectivity index (χ2v) is 5.83. The number of halogens is 1. The average Bonchev–Trinajstić information content (AvgIpc) is 2.90. The Labute approximate surface area is 118 Å². The van der Waals surface area contributed by atoms with Crippen LogP contribution in [0.2, 0.25) is 5.02 Å². The molecule has 96 valence electrons. The number of rotatable bonds is 5. The maximum Gasteiger partial charge on any atom is 0.0416 e. The van der Waals surface area contributed by atoms with Crippen molar-refractivity contribution in [2.75, 3.05) is 0 Å². The summed E-state index contributed by atoms with van der Waals surface area (Å²) in [6.45, 7) is 4.41. The largest absolute Gasteiger partial charge is 0.303 e. The van der Waals surface area contributed by atoms with Crippen molar-refractivity contribution in [2.45, 2.75) is 32.4 Å². The molecule has 0 radical (unpaired) electrons. The highest BCUT2D eigenvalue weighted by molar-refractivity contribution is 7.10. The summed E-state index contributed by atoms with van der Waals surface area (Å²) in [5, 5.41) is 6.59. The van der Waals surface area contributed by atoms with Gasteiger partial charge in [-0.25, -0.2) is 0 Å². The fraction of sp³-hybridized carbons (Fsp3) is 0.333.